The molecule has 0 aliphatic carbocycles. The Labute approximate surface area is 319 Å². The van der Waals surface area contributed by atoms with Crippen LogP contribution in [0.25, 0.3) is 0 Å². The van der Waals surface area contributed by atoms with Crippen LogP contribution in [-0.2, 0) is 49.3 Å². The van der Waals surface area contributed by atoms with Crippen LogP contribution < -0.4 is 9.47 Å². The zero-order chi connectivity index (χ0) is 43.1. The van der Waals surface area contributed by atoms with Crippen LogP contribution in [-0.4, -0.2) is 77.5 Å². The van der Waals surface area contributed by atoms with Gasteiger partial charge in [0.1, 0.15) is 18.5 Å². The molecule has 53 heavy (non-hydrogen) atoms. The fourth-order valence-corrected chi connectivity index (χ4v) is 4.72. The van der Waals surface area contributed by atoms with E-state index in [1.807, 2.05) is 38.1 Å². The molecule has 5 atom stereocenters. The maximum atomic E-state index is 13.8. The van der Waals surface area contributed by atoms with Gasteiger partial charge in [-0.05, 0) is 121 Å². The summed E-state index contributed by atoms with van der Waals surface area (Å²) in [5, 5.41) is 7.27. The number of aromatic nitrogens is 2. The molecule has 1 aliphatic heterocycles. The quantitative estimate of drug-likeness (QED) is 0.192. The number of carbonyl (C=O) groups excluding carboxylic acids is 4. The Morgan fingerprint density at radius 3 is 1.77 bits per heavy atom. The summed E-state index contributed by atoms with van der Waals surface area (Å²) in [5.41, 5.74) is -3.23. The predicted octanol–water partition coefficient (Wildman–Crippen LogP) is 6.66. The Kier molecular flexibility index (Phi) is 11.6. The predicted molar refractivity (Wildman–Crippen MR) is 196 cm³/mol. The molecule has 0 spiro atoms. The monoisotopic (exact) mass is 748 g/mol. The van der Waals surface area contributed by atoms with Gasteiger partial charge in [-0.2, -0.15) is 0 Å². The number of esters is 4. The molecule has 2 heterocycles. The zero-order valence-electron chi connectivity index (χ0n) is 37.0. The van der Waals surface area contributed by atoms with E-state index in [1.54, 1.807) is 6.92 Å². The van der Waals surface area contributed by atoms with Crippen molar-refractivity contribution in [3.63, 3.8) is 0 Å². The van der Waals surface area contributed by atoms with Gasteiger partial charge in [-0.15, -0.1) is 5.10 Å². The second-order valence-corrected chi connectivity index (χ2v) is 16.5. The summed E-state index contributed by atoms with van der Waals surface area (Å²) in [7, 11) is 0. The molecule has 0 amide bonds. The van der Waals surface area contributed by atoms with Crippen LogP contribution >= 0.6 is 0 Å². The first-order chi connectivity index (χ1) is 26.4. The van der Waals surface area contributed by atoms with Gasteiger partial charge in [0.15, 0.2) is 12.2 Å². The van der Waals surface area contributed by atoms with Crippen LogP contribution in [0.2, 0.25) is 0 Å². The summed E-state index contributed by atoms with van der Waals surface area (Å²) >= 11 is 0. The van der Waals surface area contributed by atoms with Gasteiger partial charge in [0.05, 0.1) is 27.8 Å². The van der Waals surface area contributed by atoms with Gasteiger partial charge in [-0.25, -0.2) is 0 Å². The van der Waals surface area contributed by atoms with Crippen molar-refractivity contribution in [3.8, 4) is 11.6 Å². The van der Waals surface area contributed by atoms with E-state index in [0.29, 0.717) is 23.4 Å². The molecule has 0 radical (unpaired) electrons. The summed E-state index contributed by atoms with van der Waals surface area (Å²) < 4.78 is 74.1. The molecule has 1 aromatic heterocycles. The van der Waals surface area contributed by atoms with Crippen LogP contribution in [0.5, 0.6) is 11.6 Å². The molecule has 3 rings (SSSR count). The molecule has 296 valence electrons. The minimum absolute atomic E-state index is 0.0128. The van der Waals surface area contributed by atoms with E-state index in [1.165, 1.54) is 55.4 Å². The highest BCUT2D eigenvalue weighted by Gasteiger charge is 2.56. The number of aryl methyl sites for hydroxylation is 1. The first-order valence-corrected chi connectivity index (χ1v) is 17.5. The number of nitrogens with one attached hydrogen (secondary N) is 1. The van der Waals surface area contributed by atoms with Gasteiger partial charge in [0.25, 0.3) is 0 Å². The van der Waals surface area contributed by atoms with Crippen molar-refractivity contribution in [2.24, 2.45) is 21.7 Å². The van der Waals surface area contributed by atoms with Crippen molar-refractivity contribution in [1.29, 1.82) is 0 Å². The van der Waals surface area contributed by atoms with Crippen LogP contribution in [0.15, 0.2) is 24.3 Å². The lowest BCUT2D eigenvalue weighted by molar-refractivity contribution is -0.294. The van der Waals surface area contributed by atoms with E-state index in [4.69, 9.17) is 38.6 Å². The molecule has 1 aromatic carbocycles. The van der Waals surface area contributed by atoms with Crippen molar-refractivity contribution in [2.45, 2.75) is 147 Å². The third-order valence-electron chi connectivity index (χ3n) is 7.85. The molecule has 13 heteroatoms. The largest absolute Gasteiger partial charge is 0.491 e. The van der Waals surface area contributed by atoms with Crippen molar-refractivity contribution < 1.29 is 57.8 Å². The SMILES string of the molecule is [2H]CC(C)(C)C(=O)OC[C@H]1OC(Oc2n[nH]c(C)c2Cc2ccc(OC(C)C)cc2)[C@H](OC(=O)C(C)(C)C[2H])[C@@H](OC(=O)C(C)(C)C[2H])[C@@H]1OC(=O)C(C)(C)C[2H]. The van der Waals surface area contributed by atoms with E-state index in [0.717, 1.165) is 5.56 Å². The number of hydrogen-bond acceptors (Lipinski definition) is 12. The maximum absolute atomic E-state index is 13.8. The third kappa shape index (κ3) is 11.9. The topological polar surface area (TPSA) is 162 Å². The molecule has 1 fully saturated rings. The number of hydrogen-bond donors (Lipinski definition) is 1. The number of rotatable bonds is 11. The van der Waals surface area contributed by atoms with Crippen molar-refractivity contribution in [2.75, 3.05) is 6.61 Å². The number of nitrogens with zero attached hydrogens (tertiary/aromatic N) is 1. The van der Waals surface area contributed by atoms with Gasteiger partial charge in [-0.1, -0.05) is 12.1 Å². The lowest BCUT2D eigenvalue weighted by Crippen LogP contribution is -2.65. The zero-order valence-corrected chi connectivity index (χ0v) is 33.0. The second kappa shape index (κ2) is 16.5. The number of ether oxygens (including phenoxy) is 7. The van der Waals surface area contributed by atoms with Gasteiger partial charge in [-0.3, -0.25) is 24.3 Å². The smallest absolute Gasteiger partial charge is 0.311 e. The van der Waals surface area contributed by atoms with Gasteiger partial charge < -0.3 is 33.2 Å². The second-order valence-electron chi connectivity index (χ2n) is 16.5. The molecular weight excluding hydrogens is 684 g/mol. The molecule has 1 N–H and O–H groups in total. The third-order valence-corrected chi connectivity index (χ3v) is 7.85. The first kappa shape index (κ1) is 37.2. The van der Waals surface area contributed by atoms with Crippen molar-refractivity contribution in [1.82, 2.24) is 10.2 Å². The highest BCUT2D eigenvalue weighted by atomic mass is 16.7. The molecule has 2 aromatic rings. The number of benzene rings is 1. The summed E-state index contributed by atoms with van der Waals surface area (Å²) in [6.07, 6.45) is -7.76. The average Bonchev–Trinajstić information content (AvgIpc) is 3.50. The minimum atomic E-state index is -1.69. The molecule has 1 unspecified atom stereocenters. The van der Waals surface area contributed by atoms with Crippen LogP contribution in [0.1, 0.15) is 119 Å². The molecule has 0 bridgehead atoms. The summed E-state index contributed by atoms with van der Waals surface area (Å²) in [5.74, 6) is -2.72. The van der Waals surface area contributed by atoms with Gasteiger partial charge in [0, 0.05) is 23.2 Å². The van der Waals surface area contributed by atoms with Crippen molar-refractivity contribution >= 4 is 23.9 Å². The number of H-pyrrole nitrogens is 1. The molecular formula is C40H60N2O11. The van der Waals surface area contributed by atoms with E-state index in [-0.39, 0.29) is 32.7 Å². The normalized spacial score (nSPS) is 22.1. The Hall–Kier alpha value is -4.13. The van der Waals surface area contributed by atoms with Gasteiger partial charge >= 0.3 is 23.9 Å². The first-order valence-electron chi connectivity index (χ1n) is 20.3. The summed E-state index contributed by atoms with van der Waals surface area (Å²) in [4.78, 5) is 54.3. The minimum Gasteiger partial charge on any atom is -0.491 e. The van der Waals surface area contributed by atoms with Crippen LogP contribution in [0.4, 0.5) is 0 Å². The molecule has 0 saturated carbocycles. The van der Waals surface area contributed by atoms with E-state index in [9.17, 15) is 19.2 Å². The maximum Gasteiger partial charge on any atom is 0.311 e. The lowest BCUT2D eigenvalue weighted by Gasteiger charge is -2.45. The van der Waals surface area contributed by atoms with E-state index < -0.39 is 89.7 Å². The molecule has 13 nitrogen and oxygen atoms in total. The highest BCUT2D eigenvalue weighted by molar-refractivity contribution is 5.78. The lowest BCUT2D eigenvalue weighted by atomic mass is 9.93. The Balaban J connectivity index is 2.22. The Morgan fingerprint density at radius 1 is 0.774 bits per heavy atom. The van der Waals surface area contributed by atoms with Crippen LogP contribution in [0.3, 0.4) is 0 Å². The Bertz CT molecular complexity index is 1690. The standard InChI is InChI=1S/C40H60N2O11/c1-22(2)48-25-18-16-24(17-19-25)20-26-23(3)41-42-31(26)53-32-30(52-36(46)40(13,14)15)29(51-35(45)39(10,11)12)28(50-34(44)38(7,8)9)27(49-32)21-47-33(43)37(4,5)6/h16-19,22,27-30,32H,20-21H2,1-15H3,(H,41,42)/t27-,28-,29+,30-,32?/m1/s1/i4D,7D,10D,13D. The number of carbonyl (C=O) groups is 4. The fourth-order valence-electron chi connectivity index (χ4n) is 4.72. The number of aromatic amines is 1. The molecule has 1 aliphatic rings. The average molecular weight is 749 g/mol. The fraction of sp³-hybridized carbons (Fsp3) is 0.675. The van der Waals surface area contributed by atoms with E-state index >= 15 is 0 Å². The summed E-state index contributed by atoms with van der Waals surface area (Å²) in [6.45, 7) is 15.5. The summed E-state index contributed by atoms with van der Waals surface area (Å²) in [6, 6.07) is 7.46. The Morgan fingerprint density at radius 2 is 1.26 bits per heavy atom. The van der Waals surface area contributed by atoms with Crippen LogP contribution in [0, 0.1) is 28.6 Å². The molecule has 1 saturated heterocycles. The highest BCUT2D eigenvalue weighted by Crippen LogP contribution is 2.36. The van der Waals surface area contributed by atoms with Crippen molar-refractivity contribution in [3.05, 3.63) is 41.1 Å². The van der Waals surface area contributed by atoms with E-state index in [2.05, 4.69) is 10.2 Å². The van der Waals surface area contributed by atoms with Gasteiger partial charge in [0.2, 0.25) is 18.3 Å².